The molecular weight excluding hydrogens is 464 g/mol. The number of anilines is 2. The highest BCUT2D eigenvalue weighted by Gasteiger charge is 2.35. The summed E-state index contributed by atoms with van der Waals surface area (Å²) in [5.74, 6) is 0. The highest BCUT2D eigenvalue weighted by molar-refractivity contribution is 7.91. The van der Waals surface area contributed by atoms with E-state index < -0.39 is 16.2 Å². The first-order valence-corrected chi connectivity index (χ1v) is 14.1. The van der Waals surface area contributed by atoms with Crippen LogP contribution in [0.5, 0.6) is 0 Å². The molecule has 1 N–H and O–H groups in total. The van der Waals surface area contributed by atoms with Gasteiger partial charge in [-0.15, -0.1) is 4.40 Å². The number of benzene rings is 1. The van der Waals surface area contributed by atoms with Crippen molar-refractivity contribution in [1.29, 1.82) is 0 Å². The summed E-state index contributed by atoms with van der Waals surface area (Å²) >= 11 is 0. The van der Waals surface area contributed by atoms with E-state index in [0.29, 0.717) is 24.7 Å². The molecular formula is C25H35N6O3S-. The van der Waals surface area contributed by atoms with Crippen molar-refractivity contribution in [2.75, 3.05) is 22.7 Å². The second-order valence-corrected chi connectivity index (χ2v) is 11.8. The van der Waals surface area contributed by atoms with Crippen molar-refractivity contribution < 1.29 is 13.5 Å². The van der Waals surface area contributed by atoms with E-state index in [4.69, 9.17) is 0 Å². The number of fused-ring (bicyclic) bond motifs is 2. The smallest absolute Gasteiger partial charge is 0.345 e. The quantitative estimate of drug-likeness (QED) is 0.482. The number of aryl methyl sites for hydroxylation is 3. The van der Waals surface area contributed by atoms with Crippen molar-refractivity contribution in [1.82, 2.24) is 14.7 Å². The molecule has 35 heavy (non-hydrogen) atoms. The molecule has 9 nitrogen and oxygen atoms in total. The standard InChI is InChI=1S/C25H36N6O3S/c1-17(2)30-12-6-9-20(16-30)31(21-14-26-29(3)15-21)35(33,34)28-25(32)27-24-22-10-4-7-18(22)13-19-8-5-11-23(19)24/h13-15,17,20H,4-12,16H2,1-3H3,(H2,27,28,32)/p-1. The SMILES string of the molecule is CC(C)N1CCCC(N(c2cnn(C)c2)S(=O)(=O)/N=C(\[O-])Nc2c3c(cc4c2CCC4)CCC3)C1. The largest absolute Gasteiger partial charge is 0.845 e. The molecule has 0 saturated carbocycles. The fraction of sp³-hybridized carbons (Fsp3) is 0.600. The van der Waals surface area contributed by atoms with Crippen molar-refractivity contribution in [3.8, 4) is 0 Å². The molecule has 2 aliphatic carbocycles. The van der Waals surface area contributed by atoms with Gasteiger partial charge < -0.3 is 10.4 Å². The molecule has 1 fully saturated rings. The van der Waals surface area contributed by atoms with Crippen molar-refractivity contribution in [3.63, 3.8) is 0 Å². The lowest BCUT2D eigenvalue weighted by atomic mass is 9.99. The molecule has 1 aromatic heterocycles. The van der Waals surface area contributed by atoms with Gasteiger partial charge in [0.2, 0.25) is 0 Å². The van der Waals surface area contributed by atoms with E-state index >= 15 is 0 Å². The Labute approximate surface area is 208 Å². The van der Waals surface area contributed by atoms with Gasteiger partial charge >= 0.3 is 10.2 Å². The zero-order chi connectivity index (χ0) is 24.7. The summed E-state index contributed by atoms with van der Waals surface area (Å²) < 4.78 is 33.9. The molecule has 5 rings (SSSR count). The molecule has 1 atom stereocenters. The number of likely N-dealkylation sites (tertiary alicyclic amines) is 1. The van der Waals surface area contributed by atoms with Crippen molar-refractivity contribution >= 4 is 27.6 Å². The third kappa shape index (κ3) is 4.78. The lowest BCUT2D eigenvalue weighted by Gasteiger charge is -2.40. The number of aromatic nitrogens is 2. The molecule has 0 amide bonds. The Morgan fingerprint density at radius 1 is 1.17 bits per heavy atom. The Bertz CT molecular complexity index is 1200. The van der Waals surface area contributed by atoms with Crippen LogP contribution in [0.4, 0.5) is 11.4 Å². The number of rotatable bonds is 6. The zero-order valence-corrected chi connectivity index (χ0v) is 21.6. The minimum absolute atomic E-state index is 0.304. The van der Waals surface area contributed by atoms with E-state index in [-0.39, 0.29) is 6.04 Å². The van der Waals surface area contributed by atoms with E-state index in [1.807, 2.05) is 0 Å². The molecule has 3 aliphatic rings. The second-order valence-electron chi connectivity index (χ2n) is 10.3. The summed E-state index contributed by atoms with van der Waals surface area (Å²) in [6.07, 6.45) is 10.7. The first kappa shape index (κ1) is 24.1. The fourth-order valence-corrected chi connectivity index (χ4v) is 7.20. The van der Waals surface area contributed by atoms with Crippen LogP contribution in [0.1, 0.15) is 61.8 Å². The molecule has 10 heteroatoms. The summed E-state index contributed by atoms with van der Waals surface area (Å²) in [7, 11) is -2.55. The van der Waals surface area contributed by atoms with Gasteiger partial charge in [-0.1, -0.05) is 6.07 Å². The molecule has 1 aliphatic heterocycles. The predicted molar refractivity (Wildman–Crippen MR) is 136 cm³/mol. The third-order valence-corrected chi connectivity index (χ3v) is 8.99. The Morgan fingerprint density at radius 3 is 2.46 bits per heavy atom. The number of piperidine rings is 1. The summed E-state index contributed by atoms with van der Waals surface area (Å²) in [5, 5.41) is 20.2. The average Bonchev–Trinajstić information content (AvgIpc) is 3.54. The van der Waals surface area contributed by atoms with Gasteiger partial charge in [0.05, 0.1) is 23.9 Å². The Kier molecular flexibility index (Phi) is 6.52. The van der Waals surface area contributed by atoms with E-state index in [1.54, 1.807) is 17.9 Å². The van der Waals surface area contributed by atoms with Crippen LogP contribution in [-0.2, 0) is 42.9 Å². The van der Waals surface area contributed by atoms with Crippen LogP contribution in [0, 0.1) is 0 Å². The van der Waals surface area contributed by atoms with Crippen LogP contribution >= 0.6 is 0 Å². The molecule has 0 bridgehead atoms. The number of hydrogen-bond acceptors (Lipinski definition) is 5. The van der Waals surface area contributed by atoms with Crippen LogP contribution < -0.4 is 14.7 Å². The lowest BCUT2D eigenvalue weighted by molar-refractivity contribution is -0.213. The molecule has 1 unspecified atom stereocenters. The monoisotopic (exact) mass is 499 g/mol. The summed E-state index contributed by atoms with van der Waals surface area (Å²) in [5.41, 5.74) is 6.08. The maximum atomic E-state index is 13.6. The van der Waals surface area contributed by atoms with Crippen molar-refractivity contribution in [3.05, 3.63) is 40.7 Å². The highest BCUT2D eigenvalue weighted by atomic mass is 32.2. The zero-order valence-electron chi connectivity index (χ0n) is 20.8. The van der Waals surface area contributed by atoms with Gasteiger partial charge in [-0.05, 0) is 94.0 Å². The van der Waals surface area contributed by atoms with Crippen LogP contribution in [0.15, 0.2) is 22.9 Å². The second kappa shape index (κ2) is 9.46. The summed E-state index contributed by atoms with van der Waals surface area (Å²) in [6.45, 7) is 5.74. The van der Waals surface area contributed by atoms with E-state index in [0.717, 1.165) is 68.3 Å². The fourth-order valence-electron chi connectivity index (χ4n) is 5.94. The Morgan fingerprint density at radius 2 is 1.86 bits per heavy atom. The number of hydrogen-bond donors (Lipinski definition) is 1. The molecule has 0 radical (unpaired) electrons. The molecule has 190 valence electrons. The molecule has 2 heterocycles. The number of nitrogens with zero attached hydrogens (tertiary/aromatic N) is 5. The lowest BCUT2D eigenvalue weighted by Crippen LogP contribution is -2.52. The van der Waals surface area contributed by atoms with Crippen LogP contribution in [-0.4, -0.2) is 54.3 Å². The van der Waals surface area contributed by atoms with Crippen LogP contribution in [0.3, 0.4) is 0 Å². The maximum absolute atomic E-state index is 13.6. The van der Waals surface area contributed by atoms with Gasteiger partial charge in [0.1, 0.15) is 0 Å². The van der Waals surface area contributed by atoms with Crippen molar-refractivity contribution in [2.24, 2.45) is 11.4 Å². The van der Waals surface area contributed by atoms with E-state index in [9.17, 15) is 13.5 Å². The Balaban J connectivity index is 1.47. The molecule has 1 saturated heterocycles. The van der Waals surface area contributed by atoms with E-state index in [2.05, 4.69) is 39.6 Å². The summed E-state index contributed by atoms with van der Waals surface area (Å²) in [4.78, 5) is 2.27. The van der Waals surface area contributed by atoms with Gasteiger partial charge in [0, 0.05) is 31.5 Å². The van der Waals surface area contributed by atoms with Gasteiger partial charge in [-0.3, -0.25) is 9.58 Å². The maximum Gasteiger partial charge on any atom is 0.345 e. The molecule has 2 aromatic rings. The number of nitrogens with one attached hydrogen (secondary N) is 1. The minimum Gasteiger partial charge on any atom is -0.845 e. The van der Waals surface area contributed by atoms with Gasteiger partial charge in [-0.25, -0.2) is 4.31 Å². The van der Waals surface area contributed by atoms with E-state index in [1.165, 1.54) is 21.6 Å². The predicted octanol–water partition coefficient (Wildman–Crippen LogP) is 2.15. The van der Waals surface area contributed by atoms with Gasteiger partial charge in [-0.2, -0.15) is 13.5 Å². The first-order valence-electron chi connectivity index (χ1n) is 12.7. The third-order valence-electron chi connectivity index (χ3n) is 7.59. The first-order chi connectivity index (χ1) is 16.7. The molecule has 1 aromatic carbocycles. The number of amidine groups is 1. The average molecular weight is 500 g/mol. The van der Waals surface area contributed by atoms with Gasteiger partial charge in [0.15, 0.2) is 0 Å². The highest BCUT2D eigenvalue weighted by Crippen LogP contribution is 2.38. The van der Waals surface area contributed by atoms with Crippen molar-refractivity contribution in [2.45, 2.75) is 77.3 Å². The van der Waals surface area contributed by atoms with Crippen LogP contribution in [0.25, 0.3) is 0 Å². The normalized spacial score (nSPS) is 20.8. The van der Waals surface area contributed by atoms with Crippen LogP contribution in [0.2, 0.25) is 0 Å². The Hall–Kier alpha value is -2.59. The topological polar surface area (TPSA) is 106 Å². The summed E-state index contributed by atoms with van der Waals surface area (Å²) in [6, 6.07) is 1.44. The minimum atomic E-state index is -4.29. The van der Waals surface area contributed by atoms with Gasteiger partial charge in [0.25, 0.3) is 0 Å². The molecule has 0 spiro atoms.